The van der Waals surface area contributed by atoms with Gasteiger partial charge in [-0.05, 0) is 45.6 Å². The van der Waals surface area contributed by atoms with Crippen molar-refractivity contribution in [3.8, 4) is 5.75 Å². The van der Waals surface area contributed by atoms with Gasteiger partial charge in [0.1, 0.15) is 11.6 Å². The molecule has 2 aromatic carbocycles. The first-order valence-electron chi connectivity index (χ1n) is 11.3. The zero-order valence-corrected chi connectivity index (χ0v) is 19.9. The maximum absolute atomic E-state index is 13.7. The van der Waals surface area contributed by atoms with Crippen LogP contribution in [0.1, 0.15) is 27.9 Å². The Morgan fingerprint density at radius 3 is 2.50 bits per heavy atom. The van der Waals surface area contributed by atoms with Crippen LogP contribution < -0.4 is 4.74 Å². The number of aromatic nitrogens is 4. The maximum Gasteiger partial charge on any atom is 0.173 e. The van der Waals surface area contributed by atoms with E-state index in [2.05, 4.69) is 42.8 Å². The van der Waals surface area contributed by atoms with Gasteiger partial charge in [-0.1, -0.05) is 36.4 Å². The Morgan fingerprint density at radius 1 is 0.971 bits per heavy atom. The molecule has 5 rings (SSSR count). The van der Waals surface area contributed by atoms with Gasteiger partial charge in [0, 0.05) is 43.2 Å². The van der Waals surface area contributed by atoms with Crippen molar-refractivity contribution in [3.63, 3.8) is 0 Å². The number of halogens is 1. The monoisotopic (exact) mass is 478 g/mol. The highest BCUT2D eigenvalue weighted by atomic mass is 32.1. The van der Waals surface area contributed by atoms with E-state index in [1.54, 1.807) is 18.4 Å². The van der Waals surface area contributed by atoms with E-state index < -0.39 is 0 Å². The van der Waals surface area contributed by atoms with E-state index in [0.717, 1.165) is 49.9 Å². The van der Waals surface area contributed by atoms with Crippen LogP contribution in [0.15, 0.2) is 66.0 Å². The molecule has 0 saturated carbocycles. The molecule has 34 heavy (non-hydrogen) atoms. The minimum absolute atomic E-state index is 0.149. The molecular weight excluding hydrogens is 451 g/mol. The lowest BCUT2D eigenvalue weighted by molar-refractivity contribution is 0.0997. The second-order valence-corrected chi connectivity index (χ2v) is 9.38. The number of methoxy groups -OCH3 is 1. The summed E-state index contributed by atoms with van der Waals surface area (Å²) in [5, 5.41) is 14.7. The lowest BCUT2D eigenvalue weighted by Crippen LogP contribution is -2.48. The Kier molecular flexibility index (Phi) is 6.94. The van der Waals surface area contributed by atoms with E-state index in [1.807, 2.05) is 41.1 Å². The summed E-state index contributed by atoms with van der Waals surface area (Å²) in [6.07, 6.45) is 0. The SMILES string of the molecule is COc1ccccc1CN1CCN([C@@H](c2ccc(F)cc2)c2nnnn2Cc2cccs2)CC1. The van der Waals surface area contributed by atoms with E-state index in [1.165, 1.54) is 22.6 Å². The lowest BCUT2D eigenvalue weighted by Gasteiger charge is -2.39. The van der Waals surface area contributed by atoms with E-state index >= 15 is 0 Å². The fraction of sp³-hybridized carbons (Fsp3) is 0.320. The lowest BCUT2D eigenvalue weighted by atomic mass is 10.0. The molecule has 0 radical (unpaired) electrons. The van der Waals surface area contributed by atoms with E-state index in [4.69, 9.17) is 4.74 Å². The third kappa shape index (κ3) is 5.01. The molecule has 0 aliphatic carbocycles. The molecule has 1 saturated heterocycles. The van der Waals surface area contributed by atoms with E-state index in [9.17, 15) is 4.39 Å². The number of benzene rings is 2. The zero-order valence-electron chi connectivity index (χ0n) is 19.0. The van der Waals surface area contributed by atoms with Crippen LogP contribution in [0.4, 0.5) is 4.39 Å². The number of nitrogens with zero attached hydrogens (tertiary/aromatic N) is 6. The van der Waals surface area contributed by atoms with Gasteiger partial charge in [0.25, 0.3) is 0 Å². The molecule has 7 nitrogen and oxygen atoms in total. The fourth-order valence-electron chi connectivity index (χ4n) is 4.49. The minimum Gasteiger partial charge on any atom is -0.496 e. The maximum atomic E-state index is 13.7. The van der Waals surface area contributed by atoms with Crippen LogP contribution in [0.2, 0.25) is 0 Å². The van der Waals surface area contributed by atoms with Gasteiger partial charge >= 0.3 is 0 Å². The van der Waals surface area contributed by atoms with Gasteiger partial charge in [-0.15, -0.1) is 16.4 Å². The predicted molar refractivity (Wildman–Crippen MR) is 129 cm³/mol. The normalized spacial score (nSPS) is 15.9. The molecule has 2 aromatic heterocycles. The average molecular weight is 479 g/mol. The number of piperazine rings is 1. The van der Waals surface area contributed by atoms with Crippen molar-refractivity contribution in [3.05, 3.63) is 93.7 Å². The molecule has 9 heteroatoms. The largest absolute Gasteiger partial charge is 0.496 e. The molecule has 0 N–H and O–H groups in total. The van der Waals surface area contributed by atoms with E-state index in [-0.39, 0.29) is 11.9 Å². The molecule has 3 heterocycles. The Balaban J connectivity index is 1.36. The molecule has 1 fully saturated rings. The topological polar surface area (TPSA) is 59.3 Å². The molecule has 176 valence electrons. The highest BCUT2D eigenvalue weighted by molar-refractivity contribution is 7.09. The van der Waals surface area contributed by atoms with Crippen LogP contribution in [0.25, 0.3) is 0 Å². The third-order valence-corrected chi connectivity index (χ3v) is 7.10. The summed E-state index contributed by atoms with van der Waals surface area (Å²) in [6.45, 7) is 4.97. The average Bonchev–Trinajstić information content (AvgIpc) is 3.55. The number of ether oxygens (including phenoxy) is 1. The van der Waals surface area contributed by atoms with Gasteiger partial charge in [0.2, 0.25) is 0 Å². The smallest absolute Gasteiger partial charge is 0.173 e. The summed E-state index contributed by atoms with van der Waals surface area (Å²) in [4.78, 5) is 6.01. The van der Waals surface area contributed by atoms with Gasteiger partial charge in [0.05, 0.1) is 19.7 Å². The molecule has 0 unspecified atom stereocenters. The Labute approximate surface area is 202 Å². The minimum atomic E-state index is -0.248. The third-order valence-electron chi connectivity index (χ3n) is 6.23. The van der Waals surface area contributed by atoms with Gasteiger partial charge in [-0.2, -0.15) is 0 Å². The van der Waals surface area contributed by atoms with Crippen molar-refractivity contribution < 1.29 is 9.13 Å². The highest BCUT2D eigenvalue weighted by Crippen LogP contribution is 2.29. The molecule has 4 aromatic rings. The van der Waals surface area contributed by atoms with Crippen LogP contribution >= 0.6 is 11.3 Å². The fourth-order valence-corrected chi connectivity index (χ4v) is 5.18. The first-order valence-corrected chi connectivity index (χ1v) is 12.2. The van der Waals surface area contributed by atoms with Crippen LogP contribution in [0.5, 0.6) is 5.75 Å². The molecular formula is C25H27FN6OS. The summed E-state index contributed by atoms with van der Waals surface area (Å²) in [5.41, 5.74) is 2.18. The molecule has 1 aliphatic heterocycles. The first kappa shape index (κ1) is 22.6. The van der Waals surface area contributed by atoms with Gasteiger partial charge in [-0.25, -0.2) is 9.07 Å². The van der Waals surface area contributed by atoms with Crippen molar-refractivity contribution in [2.75, 3.05) is 33.3 Å². The Hall–Kier alpha value is -3.14. The number of para-hydroxylation sites is 1. The van der Waals surface area contributed by atoms with Gasteiger partial charge in [-0.3, -0.25) is 9.80 Å². The van der Waals surface area contributed by atoms with Gasteiger partial charge < -0.3 is 4.74 Å². The summed E-state index contributed by atoms with van der Waals surface area (Å²) < 4.78 is 21.1. The number of thiophene rings is 1. The molecule has 0 bridgehead atoms. The summed E-state index contributed by atoms with van der Waals surface area (Å²) in [7, 11) is 1.71. The first-order chi connectivity index (χ1) is 16.7. The van der Waals surface area contributed by atoms with Crippen LogP contribution in [0, 0.1) is 5.82 Å². The van der Waals surface area contributed by atoms with Gasteiger partial charge in [0.15, 0.2) is 5.82 Å². The van der Waals surface area contributed by atoms with Crippen LogP contribution in [-0.4, -0.2) is 63.3 Å². The molecule has 1 aliphatic rings. The molecule has 1 atom stereocenters. The highest BCUT2D eigenvalue weighted by Gasteiger charge is 2.31. The number of hydrogen-bond acceptors (Lipinski definition) is 7. The molecule has 0 amide bonds. The van der Waals surface area contributed by atoms with Crippen molar-refractivity contribution in [1.29, 1.82) is 0 Å². The summed E-state index contributed by atoms with van der Waals surface area (Å²) in [5.74, 6) is 1.45. The van der Waals surface area contributed by atoms with Crippen molar-refractivity contribution >= 4 is 11.3 Å². The summed E-state index contributed by atoms with van der Waals surface area (Å²) >= 11 is 1.68. The number of hydrogen-bond donors (Lipinski definition) is 0. The van der Waals surface area contributed by atoms with E-state index in [0.29, 0.717) is 6.54 Å². The second kappa shape index (κ2) is 10.4. The molecule has 0 spiro atoms. The Morgan fingerprint density at radius 2 is 1.76 bits per heavy atom. The van der Waals surface area contributed by atoms with Crippen LogP contribution in [0.3, 0.4) is 0 Å². The van der Waals surface area contributed by atoms with Crippen molar-refractivity contribution in [2.24, 2.45) is 0 Å². The predicted octanol–water partition coefficient (Wildman–Crippen LogP) is 3.84. The second-order valence-electron chi connectivity index (χ2n) is 8.35. The Bertz CT molecular complexity index is 1190. The summed E-state index contributed by atoms with van der Waals surface area (Å²) in [6, 6.07) is 18.8. The zero-order chi connectivity index (χ0) is 23.3. The van der Waals surface area contributed by atoms with Crippen molar-refractivity contribution in [2.45, 2.75) is 19.1 Å². The number of tetrazole rings is 1. The standard InChI is InChI=1S/C25H27FN6OS/c1-33-23-7-3-2-5-20(23)17-30-12-14-31(15-13-30)24(19-8-10-21(26)11-9-19)25-27-28-29-32(25)18-22-6-4-16-34-22/h2-11,16,24H,12-15,17-18H2,1H3/t24-/m0/s1. The van der Waals surface area contributed by atoms with Crippen LogP contribution in [-0.2, 0) is 13.1 Å². The quantitative estimate of drug-likeness (QED) is 0.384. The number of rotatable bonds is 8. The van der Waals surface area contributed by atoms with Crippen molar-refractivity contribution in [1.82, 2.24) is 30.0 Å².